The maximum atomic E-state index is 12.3. The Labute approximate surface area is 148 Å². The van der Waals surface area contributed by atoms with Gasteiger partial charge in [-0.15, -0.1) is 0 Å². The lowest BCUT2D eigenvalue weighted by atomic mass is 10.1. The molecule has 1 aromatic carbocycles. The second kappa shape index (κ2) is 9.33. The van der Waals surface area contributed by atoms with Crippen LogP contribution in [0.15, 0.2) is 10.5 Å². The molecule has 0 fully saturated rings. The number of carbonyl (C=O) groups is 2. The number of hydrogen-bond acceptors (Lipinski definition) is 6. The molecule has 0 aliphatic carbocycles. The number of rotatable bonds is 9. The van der Waals surface area contributed by atoms with Crippen LogP contribution in [-0.2, 0) is 9.53 Å². The average Bonchev–Trinajstić information content (AvgIpc) is 2.57. The van der Waals surface area contributed by atoms with Gasteiger partial charge in [0.1, 0.15) is 0 Å². The highest BCUT2D eigenvalue weighted by Crippen LogP contribution is 2.44. The fraction of sp³-hybridized carbons (Fsp3) is 0.467. The number of methoxy groups -OCH3 is 3. The molecular formula is C15H20BrNO7. The SMILES string of the molecule is COc1cc(C(=O)NCCOC(C)C(=O)O)c(Br)c(OC)c1OC. The molecule has 0 heterocycles. The van der Waals surface area contributed by atoms with Crippen molar-refractivity contribution in [3.8, 4) is 17.2 Å². The summed E-state index contributed by atoms with van der Waals surface area (Å²) in [7, 11) is 4.37. The number of halogens is 1. The Morgan fingerprint density at radius 2 is 1.83 bits per heavy atom. The van der Waals surface area contributed by atoms with E-state index in [2.05, 4.69) is 21.2 Å². The van der Waals surface area contributed by atoms with Gasteiger partial charge in [0.2, 0.25) is 5.75 Å². The third kappa shape index (κ3) is 4.75. The summed E-state index contributed by atoms with van der Waals surface area (Å²) in [6, 6.07) is 1.52. The molecule has 2 N–H and O–H groups in total. The van der Waals surface area contributed by atoms with Gasteiger partial charge in [0.25, 0.3) is 5.91 Å². The molecule has 0 aromatic heterocycles. The summed E-state index contributed by atoms with van der Waals surface area (Å²) in [5.41, 5.74) is 0.288. The second-order valence-corrected chi connectivity index (χ2v) is 5.41. The van der Waals surface area contributed by atoms with E-state index in [0.717, 1.165) is 0 Å². The largest absolute Gasteiger partial charge is 0.493 e. The number of nitrogens with one attached hydrogen (secondary N) is 1. The van der Waals surface area contributed by atoms with Gasteiger partial charge in [-0.2, -0.15) is 0 Å². The van der Waals surface area contributed by atoms with Crippen molar-refractivity contribution in [3.63, 3.8) is 0 Å². The minimum Gasteiger partial charge on any atom is -0.493 e. The molecule has 24 heavy (non-hydrogen) atoms. The van der Waals surface area contributed by atoms with E-state index in [0.29, 0.717) is 21.7 Å². The highest BCUT2D eigenvalue weighted by Gasteiger charge is 2.22. The van der Waals surface area contributed by atoms with Gasteiger partial charge < -0.3 is 29.4 Å². The number of aliphatic carboxylic acids is 1. The molecule has 1 unspecified atom stereocenters. The molecule has 0 saturated carbocycles. The topological polar surface area (TPSA) is 103 Å². The lowest BCUT2D eigenvalue weighted by Gasteiger charge is -2.16. The Bertz CT molecular complexity index is 606. The molecule has 134 valence electrons. The number of amides is 1. The standard InChI is InChI=1S/C15H20BrNO7/c1-8(15(19)20)24-6-5-17-14(18)9-7-10(21-2)12(22-3)13(23-4)11(9)16/h7-8H,5-6H2,1-4H3,(H,17,18)(H,19,20). The minimum absolute atomic E-state index is 0.0707. The van der Waals surface area contributed by atoms with E-state index >= 15 is 0 Å². The quantitative estimate of drug-likeness (QED) is 0.602. The molecule has 0 aliphatic rings. The van der Waals surface area contributed by atoms with Crippen molar-refractivity contribution in [1.29, 1.82) is 0 Å². The van der Waals surface area contributed by atoms with Crippen molar-refractivity contribution in [1.82, 2.24) is 5.32 Å². The fourth-order valence-electron chi connectivity index (χ4n) is 1.85. The van der Waals surface area contributed by atoms with Crippen LogP contribution >= 0.6 is 15.9 Å². The maximum Gasteiger partial charge on any atom is 0.332 e. The van der Waals surface area contributed by atoms with Gasteiger partial charge in [0, 0.05) is 6.54 Å². The summed E-state index contributed by atoms with van der Waals surface area (Å²) in [6.07, 6.45) is -0.935. The van der Waals surface area contributed by atoms with Crippen molar-refractivity contribution in [2.24, 2.45) is 0 Å². The van der Waals surface area contributed by atoms with Gasteiger partial charge in [-0.3, -0.25) is 4.79 Å². The minimum atomic E-state index is -1.06. The van der Waals surface area contributed by atoms with E-state index in [-0.39, 0.29) is 18.7 Å². The third-order valence-electron chi connectivity index (χ3n) is 3.12. The first kappa shape index (κ1) is 20.0. The van der Waals surface area contributed by atoms with E-state index in [1.807, 2.05) is 0 Å². The van der Waals surface area contributed by atoms with Crippen LogP contribution in [-0.4, -0.2) is 57.6 Å². The lowest BCUT2D eigenvalue weighted by molar-refractivity contribution is -0.148. The molecule has 1 atom stereocenters. The zero-order valence-corrected chi connectivity index (χ0v) is 15.4. The molecule has 1 rings (SSSR count). The Balaban J connectivity index is 2.85. The van der Waals surface area contributed by atoms with E-state index in [4.69, 9.17) is 24.1 Å². The molecule has 0 radical (unpaired) electrons. The number of carboxylic acid groups (broad SMARTS) is 1. The number of carbonyl (C=O) groups excluding carboxylic acids is 1. The molecular weight excluding hydrogens is 386 g/mol. The molecule has 0 aliphatic heterocycles. The molecule has 0 saturated heterocycles. The van der Waals surface area contributed by atoms with Crippen LogP contribution in [0.3, 0.4) is 0 Å². The first-order valence-corrected chi connectivity index (χ1v) is 7.77. The summed E-state index contributed by atoms with van der Waals surface area (Å²) in [4.78, 5) is 23.0. The van der Waals surface area contributed by atoms with E-state index in [9.17, 15) is 9.59 Å². The highest BCUT2D eigenvalue weighted by molar-refractivity contribution is 9.10. The van der Waals surface area contributed by atoms with Crippen LogP contribution in [0.25, 0.3) is 0 Å². The first-order chi connectivity index (χ1) is 11.4. The highest BCUT2D eigenvalue weighted by atomic mass is 79.9. The van der Waals surface area contributed by atoms with E-state index < -0.39 is 18.0 Å². The summed E-state index contributed by atoms with van der Waals surface area (Å²) in [5, 5.41) is 11.3. The smallest absolute Gasteiger partial charge is 0.332 e. The van der Waals surface area contributed by atoms with Crippen molar-refractivity contribution >= 4 is 27.8 Å². The van der Waals surface area contributed by atoms with Crippen LogP contribution in [0.5, 0.6) is 17.2 Å². The average molecular weight is 406 g/mol. The molecule has 8 nitrogen and oxygen atoms in total. The zero-order valence-electron chi connectivity index (χ0n) is 13.8. The molecule has 1 amide bonds. The Hall–Kier alpha value is -2.00. The Kier molecular flexibility index (Phi) is 7.80. The van der Waals surface area contributed by atoms with Gasteiger partial charge in [0.15, 0.2) is 17.6 Å². The number of carboxylic acids is 1. The van der Waals surface area contributed by atoms with Crippen LogP contribution in [0.1, 0.15) is 17.3 Å². The molecule has 9 heteroatoms. The normalized spacial score (nSPS) is 11.5. The lowest BCUT2D eigenvalue weighted by Crippen LogP contribution is -2.30. The van der Waals surface area contributed by atoms with Crippen molar-refractivity contribution in [2.75, 3.05) is 34.5 Å². The fourth-order valence-corrected chi connectivity index (χ4v) is 2.49. The summed E-state index contributed by atoms with van der Waals surface area (Å²) >= 11 is 3.32. The molecule has 0 bridgehead atoms. The number of hydrogen-bond donors (Lipinski definition) is 2. The summed E-state index contributed by atoms with van der Waals surface area (Å²) in [5.74, 6) is -0.417. The zero-order chi connectivity index (χ0) is 18.3. The van der Waals surface area contributed by atoms with Crippen molar-refractivity contribution in [2.45, 2.75) is 13.0 Å². The van der Waals surface area contributed by atoms with Crippen molar-refractivity contribution in [3.05, 3.63) is 16.1 Å². The summed E-state index contributed by atoms with van der Waals surface area (Å²) in [6.45, 7) is 1.64. The van der Waals surface area contributed by atoms with E-state index in [1.54, 1.807) is 0 Å². The summed E-state index contributed by atoms with van der Waals surface area (Å²) < 4.78 is 21.2. The Morgan fingerprint density at radius 3 is 2.33 bits per heavy atom. The predicted octanol–water partition coefficient (Wildman–Crippen LogP) is 1.69. The van der Waals surface area contributed by atoms with Crippen LogP contribution in [0.4, 0.5) is 0 Å². The molecule has 0 spiro atoms. The van der Waals surface area contributed by atoms with Gasteiger partial charge in [-0.25, -0.2) is 4.79 Å². The van der Waals surface area contributed by atoms with E-state index in [1.165, 1.54) is 34.3 Å². The maximum absolute atomic E-state index is 12.3. The monoisotopic (exact) mass is 405 g/mol. The first-order valence-electron chi connectivity index (χ1n) is 6.98. The third-order valence-corrected chi connectivity index (χ3v) is 3.90. The number of ether oxygens (including phenoxy) is 4. The van der Waals surface area contributed by atoms with Crippen LogP contribution in [0.2, 0.25) is 0 Å². The van der Waals surface area contributed by atoms with Crippen LogP contribution in [0, 0.1) is 0 Å². The predicted molar refractivity (Wildman–Crippen MR) is 89.2 cm³/mol. The van der Waals surface area contributed by atoms with Gasteiger partial charge in [-0.1, -0.05) is 0 Å². The second-order valence-electron chi connectivity index (χ2n) is 4.61. The van der Waals surface area contributed by atoms with Crippen molar-refractivity contribution < 1.29 is 33.6 Å². The van der Waals surface area contributed by atoms with Gasteiger partial charge in [-0.05, 0) is 28.9 Å². The van der Waals surface area contributed by atoms with Gasteiger partial charge in [0.05, 0.1) is 38.0 Å². The van der Waals surface area contributed by atoms with Gasteiger partial charge >= 0.3 is 5.97 Å². The van der Waals surface area contributed by atoms with Crippen LogP contribution < -0.4 is 19.5 Å². The molecule has 1 aromatic rings. The number of benzene rings is 1. The Morgan fingerprint density at radius 1 is 1.21 bits per heavy atom.